The highest BCUT2D eigenvalue weighted by Gasteiger charge is 2.25. The minimum atomic E-state index is -0.112. The number of ether oxygens (including phenoxy) is 2. The second-order valence-electron chi connectivity index (χ2n) is 7.05. The highest BCUT2D eigenvalue weighted by Crippen LogP contribution is 2.32. The lowest BCUT2D eigenvalue weighted by Gasteiger charge is -2.39. The third-order valence-corrected chi connectivity index (χ3v) is 5.45. The summed E-state index contributed by atoms with van der Waals surface area (Å²) in [5.41, 5.74) is 1.70. The molecule has 0 unspecified atom stereocenters. The Balaban J connectivity index is 1.44. The maximum absolute atomic E-state index is 12.7. The van der Waals surface area contributed by atoms with Crippen LogP contribution in [0.1, 0.15) is 28.9 Å². The molecule has 0 radical (unpaired) electrons. The number of hydrogen-bond acceptors (Lipinski definition) is 6. The molecule has 7 nitrogen and oxygen atoms in total. The van der Waals surface area contributed by atoms with Crippen LogP contribution in [0.5, 0.6) is 11.5 Å². The molecule has 0 spiro atoms. The van der Waals surface area contributed by atoms with Gasteiger partial charge in [-0.1, -0.05) is 13.0 Å². The second kappa shape index (κ2) is 8.58. The van der Waals surface area contributed by atoms with Crippen molar-refractivity contribution in [2.24, 2.45) is 0 Å². The number of aromatic nitrogens is 1. The fourth-order valence-electron chi connectivity index (χ4n) is 3.75. The smallest absolute Gasteiger partial charge is 0.251 e. The molecule has 2 aromatic rings. The van der Waals surface area contributed by atoms with E-state index in [2.05, 4.69) is 33.1 Å². The van der Waals surface area contributed by atoms with Gasteiger partial charge in [-0.2, -0.15) is 0 Å². The molecule has 1 amide bonds. The van der Waals surface area contributed by atoms with Crippen molar-refractivity contribution in [3.8, 4) is 11.5 Å². The molecule has 0 bridgehead atoms. The third kappa shape index (κ3) is 4.10. The molecule has 1 fully saturated rings. The van der Waals surface area contributed by atoms with E-state index in [0.29, 0.717) is 23.6 Å². The number of carbonyl (C=O) groups is 1. The van der Waals surface area contributed by atoms with E-state index < -0.39 is 0 Å². The van der Waals surface area contributed by atoms with Crippen molar-refractivity contribution < 1.29 is 14.3 Å². The van der Waals surface area contributed by atoms with Crippen molar-refractivity contribution in [1.82, 2.24) is 20.1 Å². The minimum absolute atomic E-state index is 0.102. The first-order chi connectivity index (χ1) is 13.7. The van der Waals surface area contributed by atoms with E-state index in [9.17, 15) is 4.79 Å². The number of fused-ring (bicyclic) bond motifs is 1. The number of amides is 1. The first-order valence-corrected chi connectivity index (χ1v) is 9.79. The summed E-state index contributed by atoms with van der Waals surface area (Å²) in [4.78, 5) is 21.9. The Bertz CT molecular complexity index is 807. The summed E-state index contributed by atoms with van der Waals surface area (Å²) in [6.07, 6.45) is 3.67. The summed E-state index contributed by atoms with van der Waals surface area (Å²) in [5, 5.41) is 3.09. The summed E-state index contributed by atoms with van der Waals surface area (Å²) in [7, 11) is 0. The summed E-state index contributed by atoms with van der Waals surface area (Å²) >= 11 is 0. The molecule has 7 heteroatoms. The van der Waals surface area contributed by atoms with Crippen molar-refractivity contribution in [3.63, 3.8) is 0 Å². The fraction of sp³-hybridized carbons (Fsp3) is 0.429. The molecule has 1 atom stereocenters. The average Bonchev–Trinajstić information content (AvgIpc) is 3.23. The number of nitrogens with one attached hydrogen (secondary N) is 1. The zero-order valence-corrected chi connectivity index (χ0v) is 16.1. The van der Waals surface area contributed by atoms with Crippen LogP contribution in [0.4, 0.5) is 0 Å². The molecule has 3 heterocycles. The van der Waals surface area contributed by atoms with E-state index >= 15 is 0 Å². The summed E-state index contributed by atoms with van der Waals surface area (Å²) in [5.74, 6) is 1.19. The maximum atomic E-state index is 12.7. The molecule has 2 aliphatic heterocycles. The van der Waals surface area contributed by atoms with E-state index in [1.807, 2.05) is 12.3 Å². The maximum Gasteiger partial charge on any atom is 0.251 e. The lowest BCUT2D eigenvalue weighted by molar-refractivity contribution is 0.0854. The van der Waals surface area contributed by atoms with Gasteiger partial charge in [0.1, 0.15) is 0 Å². The molecule has 4 rings (SSSR count). The lowest BCUT2D eigenvalue weighted by atomic mass is 10.1. The SMILES string of the molecule is CCN1CCN([C@H](CNC(=O)c2ccc3c(c2)OCO3)c2cccnc2)CC1. The van der Waals surface area contributed by atoms with Crippen LogP contribution >= 0.6 is 0 Å². The number of likely N-dealkylation sites (N-methyl/N-ethyl adjacent to an activating group) is 1. The number of carbonyl (C=O) groups excluding carboxylic acids is 1. The quantitative estimate of drug-likeness (QED) is 0.823. The van der Waals surface area contributed by atoms with Crippen molar-refractivity contribution in [1.29, 1.82) is 0 Å². The molecule has 1 aromatic carbocycles. The molecule has 1 aromatic heterocycles. The van der Waals surface area contributed by atoms with Crippen LogP contribution in [0.15, 0.2) is 42.7 Å². The van der Waals surface area contributed by atoms with E-state index in [1.165, 1.54) is 0 Å². The van der Waals surface area contributed by atoms with E-state index in [-0.39, 0.29) is 18.7 Å². The Hall–Kier alpha value is -2.64. The molecule has 0 saturated carbocycles. The van der Waals surface area contributed by atoms with Gasteiger partial charge in [-0.25, -0.2) is 0 Å². The van der Waals surface area contributed by atoms with Crippen LogP contribution < -0.4 is 14.8 Å². The van der Waals surface area contributed by atoms with Crippen LogP contribution in [-0.2, 0) is 0 Å². The number of rotatable bonds is 6. The Morgan fingerprint density at radius 1 is 1.18 bits per heavy atom. The molecule has 0 aliphatic carbocycles. The standard InChI is InChI=1S/C21H26N4O3/c1-2-24-8-10-25(11-9-24)18(17-4-3-7-22-13-17)14-23-21(26)16-5-6-19-20(12-16)28-15-27-19/h3-7,12-13,18H,2,8-11,14-15H2,1H3,(H,23,26)/t18-/m1/s1. The number of nitrogens with zero attached hydrogens (tertiary/aromatic N) is 3. The average molecular weight is 382 g/mol. The van der Waals surface area contributed by atoms with E-state index in [4.69, 9.17) is 9.47 Å². The summed E-state index contributed by atoms with van der Waals surface area (Å²) in [6.45, 7) is 8.05. The molecule has 148 valence electrons. The zero-order valence-electron chi connectivity index (χ0n) is 16.1. The Kier molecular flexibility index (Phi) is 5.73. The highest BCUT2D eigenvalue weighted by atomic mass is 16.7. The predicted molar refractivity (Wildman–Crippen MR) is 106 cm³/mol. The van der Waals surface area contributed by atoms with Crippen LogP contribution in [-0.4, -0.2) is 66.8 Å². The van der Waals surface area contributed by atoms with Gasteiger partial charge in [0.15, 0.2) is 11.5 Å². The lowest BCUT2D eigenvalue weighted by Crippen LogP contribution is -2.49. The topological polar surface area (TPSA) is 66.9 Å². The molecule has 1 N–H and O–H groups in total. The van der Waals surface area contributed by atoms with Gasteiger partial charge in [0.05, 0.1) is 6.04 Å². The van der Waals surface area contributed by atoms with Gasteiger partial charge in [0.2, 0.25) is 6.79 Å². The molecular weight excluding hydrogens is 356 g/mol. The first-order valence-electron chi connectivity index (χ1n) is 9.79. The van der Waals surface area contributed by atoms with Crippen LogP contribution in [0.25, 0.3) is 0 Å². The largest absolute Gasteiger partial charge is 0.454 e. The van der Waals surface area contributed by atoms with Gasteiger partial charge in [0, 0.05) is 50.7 Å². The normalized spacial score (nSPS) is 18.0. The number of piperazine rings is 1. The van der Waals surface area contributed by atoms with Gasteiger partial charge in [-0.15, -0.1) is 0 Å². The predicted octanol–water partition coefficient (Wildman–Crippen LogP) is 1.92. The van der Waals surface area contributed by atoms with Gasteiger partial charge >= 0.3 is 0 Å². The second-order valence-corrected chi connectivity index (χ2v) is 7.05. The van der Waals surface area contributed by atoms with Crippen molar-refractivity contribution >= 4 is 5.91 Å². The molecule has 1 saturated heterocycles. The molecule has 28 heavy (non-hydrogen) atoms. The Morgan fingerprint density at radius 3 is 2.75 bits per heavy atom. The van der Waals surface area contributed by atoms with Crippen molar-refractivity contribution in [3.05, 3.63) is 53.9 Å². The monoisotopic (exact) mass is 382 g/mol. The van der Waals surface area contributed by atoms with E-state index in [1.54, 1.807) is 24.4 Å². The van der Waals surface area contributed by atoms with Crippen LogP contribution in [0.2, 0.25) is 0 Å². The summed E-state index contributed by atoms with van der Waals surface area (Å²) < 4.78 is 10.7. The first kappa shape index (κ1) is 18.7. The zero-order chi connectivity index (χ0) is 19.3. The molecular formula is C21H26N4O3. The van der Waals surface area contributed by atoms with Crippen molar-refractivity contribution in [2.45, 2.75) is 13.0 Å². The fourth-order valence-corrected chi connectivity index (χ4v) is 3.75. The number of pyridine rings is 1. The van der Waals surface area contributed by atoms with Gasteiger partial charge in [-0.05, 0) is 36.4 Å². The van der Waals surface area contributed by atoms with Gasteiger partial charge in [0.25, 0.3) is 5.91 Å². The van der Waals surface area contributed by atoms with E-state index in [0.717, 1.165) is 38.3 Å². The van der Waals surface area contributed by atoms with Crippen LogP contribution in [0, 0.1) is 0 Å². The minimum Gasteiger partial charge on any atom is -0.454 e. The Morgan fingerprint density at radius 2 is 2.00 bits per heavy atom. The number of benzene rings is 1. The van der Waals surface area contributed by atoms with Gasteiger partial charge in [-0.3, -0.25) is 14.7 Å². The number of hydrogen-bond donors (Lipinski definition) is 1. The third-order valence-electron chi connectivity index (χ3n) is 5.45. The molecule has 2 aliphatic rings. The van der Waals surface area contributed by atoms with Gasteiger partial charge < -0.3 is 19.7 Å². The Labute approximate surface area is 165 Å². The highest BCUT2D eigenvalue weighted by molar-refractivity contribution is 5.94. The van der Waals surface area contributed by atoms with Crippen molar-refractivity contribution in [2.75, 3.05) is 46.1 Å². The summed E-state index contributed by atoms with van der Waals surface area (Å²) in [6, 6.07) is 9.41. The van der Waals surface area contributed by atoms with Crippen LogP contribution in [0.3, 0.4) is 0 Å².